The highest BCUT2D eigenvalue weighted by molar-refractivity contribution is 5.38. The Bertz CT molecular complexity index is 349. The summed E-state index contributed by atoms with van der Waals surface area (Å²) in [6.07, 6.45) is 3.80. The number of rotatable bonds is 5. The van der Waals surface area contributed by atoms with Gasteiger partial charge in [-0.3, -0.25) is 0 Å². The molecule has 0 saturated heterocycles. The third-order valence-corrected chi connectivity index (χ3v) is 2.43. The molecule has 0 unspecified atom stereocenters. The average molecular weight is 233 g/mol. The molecule has 0 aromatic carbocycles. The summed E-state index contributed by atoms with van der Waals surface area (Å²) in [6, 6.07) is 4.16. The zero-order valence-electron chi connectivity index (χ0n) is 11.3. The Morgan fingerprint density at radius 3 is 2.59 bits per heavy atom. The zero-order chi connectivity index (χ0) is 12.9. The molecule has 0 aliphatic carbocycles. The molecule has 0 radical (unpaired) electrons. The number of pyridine rings is 1. The monoisotopic (exact) mass is 233 g/mol. The Balaban J connectivity index is 2.59. The lowest BCUT2D eigenvalue weighted by Crippen LogP contribution is -2.35. The lowest BCUT2D eigenvalue weighted by atomic mass is 10.1. The molecule has 0 amide bonds. The van der Waals surface area contributed by atoms with Crippen LogP contribution in [0, 0.1) is 0 Å². The van der Waals surface area contributed by atoms with Gasteiger partial charge in [0.05, 0.1) is 0 Å². The fourth-order valence-corrected chi connectivity index (χ4v) is 1.40. The number of hydrogen-bond donors (Lipinski definition) is 1. The number of aromatic nitrogens is 1. The van der Waals surface area contributed by atoms with Crippen molar-refractivity contribution in [3.05, 3.63) is 36.5 Å². The zero-order valence-corrected chi connectivity index (χ0v) is 11.3. The van der Waals surface area contributed by atoms with Crippen LogP contribution in [-0.2, 0) is 6.54 Å². The number of likely N-dealkylation sites (N-methyl/N-ethyl adjacent to an activating group) is 1. The van der Waals surface area contributed by atoms with Crippen LogP contribution in [0.3, 0.4) is 0 Å². The minimum atomic E-state index is 0.137. The van der Waals surface area contributed by atoms with Crippen molar-refractivity contribution in [2.24, 2.45) is 0 Å². The van der Waals surface area contributed by atoms with Crippen molar-refractivity contribution in [2.75, 3.05) is 18.5 Å². The first kappa shape index (κ1) is 13.7. The van der Waals surface area contributed by atoms with Crippen LogP contribution in [0.1, 0.15) is 26.3 Å². The molecule has 0 atom stereocenters. The van der Waals surface area contributed by atoms with Crippen LogP contribution in [0.4, 0.5) is 5.82 Å². The van der Waals surface area contributed by atoms with E-state index in [4.69, 9.17) is 0 Å². The molecule has 0 bridgehead atoms. The van der Waals surface area contributed by atoms with Crippen molar-refractivity contribution in [1.82, 2.24) is 10.3 Å². The van der Waals surface area contributed by atoms with Gasteiger partial charge in [0.25, 0.3) is 0 Å². The van der Waals surface area contributed by atoms with E-state index in [0.29, 0.717) is 0 Å². The molecule has 3 nitrogen and oxygen atoms in total. The Morgan fingerprint density at radius 1 is 1.41 bits per heavy atom. The molecular weight excluding hydrogens is 210 g/mol. The Kier molecular flexibility index (Phi) is 4.70. The molecule has 1 aromatic rings. The molecule has 0 aliphatic heterocycles. The third kappa shape index (κ3) is 5.00. The predicted octanol–water partition coefficient (Wildman–Crippen LogP) is 2.59. The number of anilines is 1. The lowest BCUT2D eigenvalue weighted by Gasteiger charge is -2.21. The van der Waals surface area contributed by atoms with Gasteiger partial charge in [-0.25, -0.2) is 4.98 Å². The van der Waals surface area contributed by atoms with Crippen LogP contribution < -0.4 is 10.2 Å². The average Bonchev–Trinajstić information content (AvgIpc) is 2.26. The van der Waals surface area contributed by atoms with E-state index in [0.717, 1.165) is 18.9 Å². The molecule has 1 rings (SSSR count). The van der Waals surface area contributed by atoms with Crippen molar-refractivity contribution in [3.8, 4) is 0 Å². The van der Waals surface area contributed by atoms with E-state index in [1.807, 2.05) is 25.4 Å². The van der Waals surface area contributed by atoms with E-state index in [2.05, 4.69) is 48.6 Å². The first-order chi connectivity index (χ1) is 7.92. The molecule has 17 heavy (non-hydrogen) atoms. The molecule has 0 spiro atoms. The predicted molar refractivity (Wildman–Crippen MR) is 74.3 cm³/mol. The van der Waals surface area contributed by atoms with Gasteiger partial charge in [0.1, 0.15) is 5.82 Å². The summed E-state index contributed by atoms with van der Waals surface area (Å²) < 4.78 is 0. The van der Waals surface area contributed by atoms with E-state index in [-0.39, 0.29) is 5.54 Å². The van der Waals surface area contributed by atoms with Gasteiger partial charge in [0, 0.05) is 31.9 Å². The van der Waals surface area contributed by atoms with E-state index >= 15 is 0 Å². The van der Waals surface area contributed by atoms with Gasteiger partial charge < -0.3 is 10.2 Å². The Labute approximate surface area is 105 Å². The van der Waals surface area contributed by atoms with E-state index < -0.39 is 0 Å². The molecule has 0 fully saturated rings. The van der Waals surface area contributed by atoms with Crippen molar-refractivity contribution >= 4 is 5.82 Å². The Morgan fingerprint density at radius 2 is 2.12 bits per heavy atom. The topological polar surface area (TPSA) is 28.2 Å². The van der Waals surface area contributed by atoms with Gasteiger partial charge in [0.2, 0.25) is 0 Å². The Hall–Kier alpha value is -1.35. The summed E-state index contributed by atoms with van der Waals surface area (Å²) in [7, 11) is 2.01. The summed E-state index contributed by atoms with van der Waals surface area (Å²) >= 11 is 0. The second-order valence-corrected chi connectivity index (χ2v) is 5.30. The van der Waals surface area contributed by atoms with Gasteiger partial charge in [-0.15, -0.1) is 6.58 Å². The quantitative estimate of drug-likeness (QED) is 0.792. The smallest absolute Gasteiger partial charge is 0.128 e. The van der Waals surface area contributed by atoms with Crippen molar-refractivity contribution in [1.29, 1.82) is 0 Å². The number of nitrogens with one attached hydrogen (secondary N) is 1. The third-order valence-electron chi connectivity index (χ3n) is 2.43. The number of hydrogen-bond acceptors (Lipinski definition) is 3. The molecule has 0 saturated carbocycles. The second kappa shape index (κ2) is 5.82. The highest BCUT2D eigenvalue weighted by atomic mass is 15.1. The number of nitrogens with zero attached hydrogens (tertiary/aromatic N) is 2. The molecular formula is C14H23N3. The maximum Gasteiger partial charge on any atom is 0.128 e. The minimum absolute atomic E-state index is 0.137. The van der Waals surface area contributed by atoms with Crippen molar-refractivity contribution in [3.63, 3.8) is 0 Å². The highest BCUT2D eigenvalue weighted by Gasteiger charge is 2.08. The van der Waals surface area contributed by atoms with E-state index in [9.17, 15) is 0 Å². The first-order valence-electron chi connectivity index (χ1n) is 5.94. The summed E-state index contributed by atoms with van der Waals surface area (Å²) in [6.45, 7) is 11.9. The SMILES string of the molecule is C=CCN(C)c1ccc(CNC(C)(C)C)cn1. The highest BCUT2D eigenvalue weighted by Crippen LogP contribution is 2.10. The van der Waals surface area contributed by atoms with Crippen LogP contribution in [0.2, 0.25) is 0 Å². The maximum atomic E-state index is 4.44. The van der Waals surface area contributed by atoms with Crippen LogP contribution in [0.25, 0.3) is 0 Å². The van der Waals surface area contributed by atoms with Gasteiger partial charge in [-0.05, 0) is 32.4 Å². The molecule has 0 aliphatic rings. The van der Waals surface area contributed by atoms with Crippen LogP contribution in [-0.4, -0.2) is 24.1 Å². The van der Waals surface area contributed by atoms with Crippen molar-refractivity contribution in [2.45, 2.75) is 32.9 Å². The summed E-state index contributed by atoms with van der Waals surface area (Å²) in [5.74, 6) is 0.976. The second-order valence-electron chi connectivity index (χ2n) is 5.30. The van der Waals surface area contributed by atoms with Gasteiger partial charge >= 0.3 is 0 Å². The fourth-order valence-electron chi connectivity index (χ4n) is 1.40. The first-order valence-corrected chi connectivity index (χ1v) is 5.94. The molecule has 1 N–H and O–H groups in total. The molecule has 3 heteroatoms. The van der Waals surface area contributed by atoms with Gasteiger partial charge in [-0.1, -0.05) is 12.1 Å². The molecule has 94 valence electrons. The summed E-state index contributed by atoms with van der Waals surface area (Å²) in [5.41, 5.74) is 1.34. The lowest BCUT2D eigenvalue weighted by molar-refractivity contribution is 0.424. The maximum absolute atomic E-state index is 4.44. The molecule has 1 heterocycles. The fraction of sp³-hybridized carbons (Fsp3) is 0.500. The van der Waals surface area contributed by atoms with Crippen LogP contribution in [0.5, 0.6) is 0 Å². The van der Waals surface area contributed by atoms with E-state index in [1.165, 1.54) is 5.56 Å². The standard InChI is InChI=1S/C14H23N3/c1-6-9-17(5)13-8-7-12(10-15-13)11-16-14(2,3)4/h6-8,10,16H,1,9,11H2,2-5H3. The van der Waals surface area contributed by atoms with Crippen LogP contribution >= 0.6 is 0 Å². The summed E-state index contributed by atoms with van der Waals surface area (Å²) in [5, 5.41) is 3.44. The van der Waals surface area contributed by atoms with Gasteiger partial charge in [-0.2, -0.15) is 0 Å². The largest absolute Gasteiger partial charge is 0.356 e. The minimum Gasteiger partial charge on any atom is -0.356 e. The summed E-state index contributed by atoms with van der Waals surface area (Å²) in [4.78, 5) is 6.50. The van der Waals surface area contributed by atoms with Crippen LogP contribution in [0.15, 0.2) is 31.0 Å². The molecule has 1 aromatic heterocycles. The van der Waals surface area contributed by atoms with Gasteiger partial charge in [0.15, 0.2) is 0 Å². The van der Waals surface area contributed by atoms with E-state index in [1.54, 1.807) is 0 Å². The van der Waals surface area contributed by atoms with Crippen molar-refractivity contribution < 1.29 is 0 Å². The normalized spacial score (nSPS) is 11.3.